The number of rotatable bonds is 5. The second kappa shape index (κ2) is 5.28. The zero-order chi connectivity index (χ0) is 8.85. The van der Waals surface area contributed by atoms with E-state index in [2.05, 4.69) is 0 Å². The van der Waals surface area contributed by atoms with Gasteiger partial charge in [-0.05, 0) is 13.3 Å². The van der Waals surface area contributed by atoms with Crippen LogP contribution in [0.5, 0.6) is 0 Å². The van der Waals surface area contributed by atoms with Crippen molar-refractivity contribution in [1.29, 1.82) is 0 Å². The standard InChI is InChI=1S/C9H17FO/c1-4-5-6-9(11)7(2)8(3)10/h7-8H,4-6H2,1-3H3. The van der Waals surface area contributed by atoms with Crippen LogP contribution in [0.4, 0.5) is 4.39 Å². The molecule has 0 spiro atoms. The lowest BCUT2D eigenvalue weighted by molar-refractivity contribution is -0.124. The fourth-order valence-corrected chi connectivity index (χ4v) is 0.835. The molecule has 11 heavy (non-hydrogen) atoms. The molecule has 2 unspecified atom stereocenters. The number of carbonyl (C=O) groups is 1. The van der Waals surface area contributed by atoms with Crippen LogP contribution >= 0.6 is 0 Å². The molecule has 0 radical (unpaired) electrons. The fourth-order valence-electron chi connectivity index (χ4n) is 0.835. The SMILES string of the molecule is CCCCC(=O)C(C)C(C)F. The van der Waals surface area contributed by atoms with Gasteiger partial charge in [-0.3, -0.25) is 4.79 Å². The number of hydrogen-bond donors (Lipinski definition) is 0. The largest absolute Gasteiger partial charge is 0.299 e. The van der Waals surface area contributed by atoms with Gasteiger partial charge in [0.15, 0.2) is 0 Å². The lowest BCUT2D eigenvalue weighted by Gasteiger charge is -2.10. The molecule has 0 saturated carbocycles. The van der Waals surface area contributed by atoms with Gasteiger partial charge >= 0.3 is 0 Å². The predicted octanol–water partition coefficient (Wildman–Crippen LogP) is 2.74. The van der Waals surface area contributed by atoms with Crippen molar-refractivity contribution in [2.75, 3.05) is 0 Å². The Labute approximate surface area is 68.0 Å². The number of unbranched alkanes of at least 4 members (excludes halogenated alkanes) is 1. The molecule has 0 aliphatic heterocycles. The fraction of sp³-hybridized carbons (Fsp3) is 0.889. The second-order valence-corrected chi connectivity index (χ2v) is 3.04. The van der Waals surface area contributed by atoms with Crippen LogP contribution in [0.2, 0.25) is 0 Å². The van der Waals surface area contributed by atoms with E-state index in [0.717, 1.165) is 12.8 Å². The van der Waals surface area contributed by atoms with Crippen molar-refractivity contribution in [1.82, 2.24) is 0 Å². The number of hydrogen-bond acceptors (Lipinski definition) is 1. The molecule has 0 heterocycles. The van der Waals surface area contributed by atoms with Gasteiger partial charge in [0.25, 0.3) is 0 Å². The van der Waals surface area contributed by atoms with Crippen LogP contribution in [0.25, 0.3) is 0 Å². The smallest absolute Gasteiger partial charge is 0.138 e. The molecule has 0 aliphatic carbocycles. The summed E-state index contributed by atoms with van der Waals surface area (Å²) >= 11 is 0. The summed E-state index contributed by atoms with van der Waals surface area (Å²) in [6.45, 7) is 5.12. The Hall–Kier alpha value is -0.400. The summed E-state index contributed by atoms with van der Waals surface area (Å²) in [6, 6.07) is 0. The van der Waals surface area contributed by atoms with Crippen molar-refractivity contribution in [3.63, 3.8) is 0 Å². The van der Waals surface area contributed by atoms with E-state index < -0.39 is 12.1 Å². The molecule has 0 amide bonds. The molecule has 0 rings (SSSR count). The average Bonchev–Trinajstić information content (AvgIpc) is 1.98. The number of Topliss-reactive ketones (excluding diaryl/α,β-unsaturated/α-hetero) is 1. The molecule has 0 N–H and O–H groups in total. The van der Waals surface area contributed by atoms with Crippen molar-refractivity contribution >= 4 is 5.78 Å². The summed E-state index contributed by atoms with van der Waals surface area (Å²) in [5, 5.41) is 0. The van der Waals surface area contributed by atoms with E-state index >= 15 is 0 Å². The van der Waals surface area contributed by atoms with Crippen LogP contribution in [-0.4, -0.2) is 12.0 Å². The Morgan fingerprint density at radius 3 is 2.36 bits per heavy atom. The Kier molecular flexibility index (Phi) is 5.08. The molecule has 0 saturated heterocycles. The summed E-state index contributed by atoms with van der Waals surface area (Å²) < 4.78 is 12.6. The Morgan fingerprint density at radius 1 is 1.45 bits per heavy atom. The summed E-state index contributed by atoms with van der Waals surface area (Å²) in [4.78, 5) is 11.1. The molecular weight excluding hydrogens is 143 g/mol. The third kappa shape index (κ3) is 4.12. The maximum Gasteiger partial charge on any atom is 0.138 e. The monoisotopic (exact) mass is 160 g/mol. The Bertz CT molecular complexity index is 121. The quantitative estimate of drug-likeness (QED) is 0.604. The maximum absolute atomic E-state index is 12.6. The van der Waals surface area contributed by atoms with Crippen molar-refractivity contribution in [3.05, 3.63) is 0 Å². The molecule has 0 aromatic carbocycles. The molecule has 1 nitrogen and oxygen atoms in total. The van der Waals surface area contributed by atoms with E-state index in [-0.39, 0.29) is 5.78 Å². The van der Waals surface area contributed by atoms with Crippen LogP contribution in [0.15, 0.2) is 0 Å². The molecule has 2 atom stereocenters. The highest BCUT2D eigenvalue weighted by atomic mass is 19.1. The van der Waals surface area contributed by atoms with Gasteiger partial charge in [0.2, 0.25) is 0 Å². The summed E-state index contributed by atoms with van der Waals surface area (Å²) in [5.74, 6) is -0.358. The third-order valence-electron chi connectivity index (χ3n) is 1.97. The molecule has 0 aromatic heterocycles. The van der Waals surface area contributed by atoms with Gasteiger partial charge in [0.1, 0.15) is 12.0 Å². The Morgan fingerprint density at radius 2 is 2.00 bits per heavy atom. The summed E-state index contributed by atoms with van der Waals surface area (Å²) in [7, 11) is 0. The average molecular weight is 160 g/mol. The van der Waals surface area contributed by atoms with E-state index in [9.17, 15) is 9.18 Å². The highest BCUT2D eigenvalue weighted by Gasteiger charge is 2.18. The number of halogens is 1. The minimum atomic E-state index is -1.00. The van der Waals surface area contributed by atoms with E-state index in [1.165, 1.54) is 6.92 Å². The number of carbonyl (C=O) groups excluding carboxylic acids is 1. The van der Waals surface area contributed by atoms with E-state index in [1.54, 1.807) is 6.92 Å². The second-order valence-electron chi connectivity index (χ2n) is 3.04. The first-order valence-corrected chi connectivity index (χ1v) is 4.26. The normalized spacial score (nSPS) is 16.0. The van der Waals surface area contributed by atoms with Gasteiger partial charge in [-0.25, -0.2) is 4.39 Å². The van der Waals surface area contributed by atoms with Crippen LogP contribution in [0.1, 0.15) is 40.0 Å². The first-order valence-electron chi connectivity index (χ1n) is 4.26. The number of ketones is 1. The first-order chi connectivity index (χ1) is 5.09. The molecule has 0 bridgehead atoms. The lowest BCUT2D eigenvalue weighted by Crippen LogP contribution is -2.19. The molecule has 0 aliphatic rings. The van der Waals surface area contributed by atoms with Crippen LogP contribution in [0.3, 0.4) is 0 Å². The summed E-state index contributed by atoms with van der Waals surface area (Å²) in [6.07, 6.45) is 1.42. The topological polar surface area (TPSA) is 17.1 Å². The zero-order valence-corrected chi connectivity index (χ0v) is 7.56. The molecule has 2 heteroatoms. The van der Waals surface area contributed by atoms with Gasteiger partial charge in [0, 0.05) is 12.3 Å². The van der Waals surface area contributed by atoms with Crippen molar-refractivity contribution < 1.29 is 9.18 Å². The molecular formula is C9H17FO. The minimum Gasteiger partial charge on any atom is -0.299 e. The van der Waals surface area contributed by atoms with Crippen molar-refractivity contribution in [2.24, 2.45) is 5.92 Å². The highest BCUT2D eigenvalue weighted by molar-refractivity contribution is 5.81. The van der Waals surface area contributed by atoms with Gasteiger partial charge in [-0.15, -0.1) is 0 Å². The zero-order valence-electron chi connectivity index (χ0n) is 7.56. The maximum atomic E-state index is 12.6. The number of alkyl halides is 1. The van der Waals surface area contributed by atoms with Crippen LogP contribution < -0.4 is 0 Å². The third-order valence-corrected chi connectivity index (χ3v) is 1.97. The molecule has 0 aromatic rings. The van der Waals surface area contributed by atoms with Crippen LogP contribution in [0, 0.1) is 5.92 Å². The van der Waals surface area contributed by atoms with E-state index in [0.29, 0.717) is 6.42 Å². The van der Waals surface area contributed by atoms with Crippen molar-refractivity contribution in [2.45, 2.75) is 46.2 Å². The van der Waals surface area contributed by atoms with Gasteiger partial charge in [0.05, 0.1) is 0 Å². The Balaban J connectivity index is 3.64. The lowest BCUT2D eigenvalue weighted by atomic mass is 9.98. The minimum absolute atomic E-state index is 0.0573. The van der Waals surface area contributed by atoms with E-state index in [4.69, 9.17) is 0 Å². The first kappa shape index (κ1) is 10.6. The molecule has 66 valence electrons. The highest BCUT2D eigenvalue weighted by Crippen LogP contribution is 2.11. The van der Waals surface area contributed by atoms with Gasteiger partial charge < -0.3 is 0 Å². The molecule has 0 fully saturated rings. The summed E-state index contributed by atoms with van der Waals surface area (Å²) in [5.41, 5.74) is 0. The van der Waals surface area contributed by atoms with Gasteiger partial charge in [-0.2, -0.15) is 0 Å². The van der Waals surface area contributed by atoms with E-state index in [1.807, 2.05) is 6.92 Å². The predicted molar refractivity (Wildman–Crippen MR) is 44.3 cm³/mol. The van der Waals surface area contributed by atoms with Gasteiger partial charge in [-0.1, -0.05) is 20.3 Å². The van der Waals surface area contributed by atoms with Crippen molar-refractivity contribution in [3.8, 4) is 0 Å². The van der Waals surface area contributed by atoms with Crippen LogP contribution in [-0.2, 0) is 4.79 Å².